The fourth-order valence-corrected chi connectivity index (χ4v) is 4.90. The van der Waals surface area contributed by atoms with Gasteiger partial charge in [0.05, 0.1) is 24.6 Å². The van der Waals surface area contributed by atoms with E-state index in [1.165, 1.54) is 11.8 Å². The van der Waals surface area contributed by atoms with Crippen molar-refractivity contribution in [2.24, 2.45) is 16.0 Å². The number of ether oxygens (including phenoxy) is 2. The second-order valence-electron chi connectivity index (χ2n) is 10.7. The largest absolute Gasteiger partial charge is 0.462 e. The molecule has 0 bridgehead atoms. The van der Waals surface area contributed by atoms with Crippen LogP contribution in [-0.2, 0) is 28.7 Å². The average molecular weight is 695 g/mol. The van der Waals surface area contributed by atoms with E-state index in [0.29, 0.717) is 48.7 Å². The third-order valence-electron chi connectivity index (χ3n) is 6.71. The van der Waals surface area contributed by atoms with Crippen LogP contribution >= 0.6 is 11.8 Å². The van der Waals surface area contributed by atoms with E-state index < -0.39 is 24.1 Å². The number of rotatable bonds is 16. The number of benzene rings is 2. The van der Waals surface area contributed by atoms with Crippen molar-refractivity contribution >= 4 is 47.3 Å². The van der Waals surface area contributed by atoms with Crippen LogP contribution in [0.5, 0.6) is 0 Å². The molecule has 0 spiro atoms. The minimum absolute atomic E-state index is 0.0116. The smallest absolute Gasteiger partial charge is 0.436 e. The molecule has 4 N–H and O–H groups in total. The zero-order chi connectivity index (χ0) is 35.6. The zero-order valence-electron chi connectivity index (χ0n) is 27.7. The summed E-state index contributed by atoms with van der Waals surface area (Å²) in [5.74, 6) is -1.04. The van der Waals surface area contributed by atoms with Gasteiger partial charge < -0.3 is 30.7 Å². The molecular formula is C34H42N6O8S. The number of nitrogens with two attached hydrogens (primary N) is 1. The Morgan fingerprint density at radius 1 is 0.816 bits per heavy atom. The molecule has 2 aromatic rings. The van der Waals surface area contributed by atoms with Crippen molar-refractivity contribution in [2.45, 2.75) is 36.5 Å². The molecule has 14 nitrogen and oxygen atoms in total. The summed E-state index contributed by atoms with van der Waals surface area (Å²) in [6, 6.07) is 14.9. The van der Waals surface area contributed by atoms with Gasteiger partial charge in [-0.15, -0.1) is 0 Å². The molecule has 1 saturated heterocycles. The molecule has 0 aromatic heterocycles. The van der Waals surface area contributed by atoms with Crippen LogP contribution in [0.15, 0.2) is 92.9 Å². The SMILES string of the molecule is C=C(C)C(=O)OCC/C(=N\OC(=O)NCCN)c1ccc(Sc2ccc(/C(CCOC(=O)C(=C)C)=N/OC(=O)N3CCNCC3)cc2)cc1. The Balaban J connectivity index is 1.70. The van der Waals surface area contributed by atoms with Crippen molar-refractivity contribution in [3.63, 3.8) is 0 Å². The Kier molecular flexibility index (Phi) is 16.0. The summed E-state index contributed by atoms with van der Waals surface area (Å²) >= 11 is 1.50. The van der Waals surface area contributed by atoms with Gasteiger partial charge in [-0.05, 0) is 49.2 Å². The number of hydrogen-bond acceptors (Lipinski definition) is 13. The van der Waals surface area contributed by atoms with Crippen LogP contribution < -0.4 is 16.4 Å². The third-order valence-corrected chi connectivity index (χ3v) is 7.73. The lowest BCUT2D eigenvalue weighted by Gasteiger charge is -2.25. The predicted octanol–water partition coefficient (Wildman–Crippen LogP) is 3.99. The first-order chi connectivity index (χ1) is 23.6. The van der Waals surface area contributed by atoms with Gasteiger partial charge in [0.15, 0.2) is 0 Å². The van der Waals surface area contributed by atoms with Gasteiger partial charge in [-0.2, -0.15) is 0 Å². The Labute approximate surface area is 289 Å². The van der Waals surface area contributed by atoms with E-state index >= 15 is 0 Å². The maximum absolute atomic E-state index is 12.5. The molecule has 0 radical (unpaired) electrons. The van der Waals surface area contributed by atoms with E-state index in [0.717, 1.165) is 9.79 Å². The Morgan fingerprint density at radius 2 is 1.29 bits per heavy atom. The van der Waals surface area contributed by atoms with Crippen LogP contribution in [-0.4, -0.2) is 92.9 Å². The highest BCUT2D eigenvalue weighted by atomic mass is 32.2. The van der Waals surface area contributed by atoms with Gasteiger partial charge in [-0.3, -0.25) is 9.68 Å². The van der Waals surface area contributed by atoms with Crippen LogP contribution in [0.3, 0.4) is 0 Å². The quantitative estimate of drug-likeness (QED) is 0.0759. The van der Waals surface area contributed by atoms with Crippen molar-refractivity contribution in [3.8, 4) is 0 Å². The number of esters is 2. The molecule has 49 heavy (non-hydrogen) atoms. The number of oxime groups is 2. The van der Waals surface area contributed by atoms with Crippen molar-refractivity contribution in [3.05, 3.63) is 84.0 Å². The van der Waals surface area contributed by atoms with Crippen LogP contribution in [0.25, 0.3) is 0 Å². The summed E-state index contributed by atoms with van der Waals surface area (Å²) in [6.07, 6.45) is -0.888. The molecule has 2 amide bonds. The molecule has 1 heterocycles. The molecule has 3 rings (SSSR count). The lowest BCUT2D eigenvalue weighted by atomic mass is 10.1. The van der Waals surface area contributed by atoms with Crippen LogP contribution in [0.1, 0.15) is 37.8 Å². The normalized spacial score (nSPS) is 13.2. The van der Waals surface area contributed by atoms with Crippen LogP contribution in [0, 0.1) is 0 Å². The summed E-state index contributed by atoms with van der Waals surface area (Å²) in [5, 5.41) is 13.8. The Morgan fingerprint density at radius 3 is 1.73 bits per heavy atom. The number of carbonyl (C=O) groups is 4. The fourth-order valence-electron chi connectivity index (χ4n) is 4.08. The maximum Gasteiger partial charge on any atom is 0.436 e. The van der Waals surface area contributed by atoms with Gasteiger partial charge in [0.25, 0.3) is 0 Å². The van der Waals surface area contributed by atoms with Crippen LogP contribution in [0.4, 0.5) is 9.59 Å². The van der Waals surface area contributed by atoms with Gasteiger partial charge in [0, 0.05) is 73.0 Å². The monoisotopic (exact) mass is 694 g/mol. The molecule has 2 aromatic carbocycles. The summed E-state index contributed by atoms with van der Waals surface area (Å²) < 4.78 is 10.4. The maximum atomic E-state index is 12.5. The molecule has 0 unspecified atom stereocenters. The molecule has 0 saturated carbocycles. The first kappa shape index (κ1) is 38.5. The van der Waals surface area contributed by atoms with Crippen molar-refractivity contribution in [2.75, 3.05) is 52.5 Å². The molecule has 1 fully saturated rings. The second-order valence-corrected chi connectivity index (χ2v) is 11.9. The van der Waals surface area contributed by atoms with E-state index in [-0.39, 0.29) is 50.3 Å². The number of piperazine rings is 1. The first-order valence-electron chi connectivity index (χ1n) is 15.6. The van der Waals surface area contributed by atoms with Crippen LogP contribution in [0.2, 0.25) is 0 Å². The van der Waals surface area contributed by atoms with Gasteiger partial charge in [0.1, 0.15) is 0 Å². The van der Waals surface area contributed by atoms with Gasteiger partial charge >= 0.3 is 24.1 Å². The van der Waals surface area contributed by atoms with E-state index in [1.807, 2.05) is 48.5 Å². The molecule has 1 aliphatic heterocycles. The standard InChI is InChI=1S/C34H42N6O8S/c1-23(2)31(41)45-21-13-29(38-47-33(43)37-16-15-35)25-5-9-27(10-6-25)49-28-11-7-26(8-12-28)30(14-22-46-32(42)24(3)4)39-48-34(44)40-19-17-36-18-20-40/h5-12,36H,1,3,13-22,35H2,2,4H3,(H,37,43)/b38-29+,39-30+. The average Bonchev–Trinajstić information content (AvgIpc) is 3.11. The molecule has 0 aliphatic carbocycles. The Bertz CT molecular complexity index is 1540. The first-order valence-corrected chi connectivity index (χ1v) is 16.4. The molecule has 15 heteroatoms. The number of nitrogens with one attached hydrogen (secondary N) is 2. The van der Waals surface area contributed by atoms with E-state index in [9.17, 15) is 19.2 Å². The molecule has 262 valence electrons. The molecular weight excluding hydrogens is 652 g/mol. The highest BCUT2D eigenvalue weighted by Gasteiger charge is 2.19. The molecule has 0 atom stereocenters. The predicted molar refractivity (Wildman–Crippen MR) is 185 cm³/mol. The topological polar surface area (TPSA) is 183 Å². The number of carbonyl (C=O) groups excluding carboxylic acids is 4. The molecule has 1 aliphatic rings. The van der Waals surface area contributed by atoms with E-state index in [4.69, 9.17) is 24.9 Å². The number of amides is 2. The summed E-state index contributed by atoms with van der Waals surface area (Å²) in [7, 11) is 0. The van der Waals surface area contributed by atoms with E-state index in [1.54, 1.807) is 18.7 Å². The highest BCUT2D eigenvalue weighted by Crippen LogP contribution is 2.28. The van der Waals surface area contributed by atoms with Gasteiger partial charge in [-0.25, -0.2) is 19.2 Å². The van der Waals surface area contributed by atoms with Gasteiger partial charge in [-0.1, -0.05) is 59.5 Å². The van der Waals surface area contributed by atoms with Crippen molar-refractivity contribution < 1.29 is 38.3 Å². The lowest BCUT2D eigenvalue weighted by Crippen LogP contribution is -2.46. The summed E-state index contributed by atoms with van der Waals surface area (Å²) in [4.78, 5) is 61.8. The highest BCUT2D eigenvalue weighted by molar-refractivity contribution is 7.99. The zero-order valence-corrected chi connectivity index (χ0v) is 28.5. The summed E-state index contributed by atoms with van der Waals surface area (Å²) in [6.45, 7) is 13.2. The fraction of sp³-hybridized carbons (Fsp3) is 0.353. The minimum atomic E-state index is -0.753. The minimum Gasteiger partial charge on any atom is -0.462 e. The third kappa shape index (κ3) is 13.6. The number of hydrogen-bond donors (Lipinski definition) is 3. The second kappa shape index (κ2) is 20.4. The van der Waals surface area contributed by atoms with Crippen molar-refractivity contribution in [1.82, 2.24) is 15.5 Å². The van der Waals surface area contributed by atoms with E-state index in [2.05, 4.69) is 34.1 Å². The van der Waals surface area contributed by atoms with Crippen molar-refractivity contribution in [1.29, 1.82) is 0 Å². The summed E-state index contributed by atoms with van der Waals surface area (Å²) in [5.41, 5.74) is 8.17. The lowest BCUT2D eigenvalue weighted by molar-refractivity contribution is -0.139. The van der Waals surface area contributed by atoms with Gasteiger partial charge in [0.2, 0.25) is 0 Å². The number of nitrogens with zero attached hydrogens (tertiary/aromatic N) is 3. The Hall–Kier alpha value is -4.99.